The second-order valence-electron chi connectivity index (χ2n) is 7.32. The summed E-state index contributed by atoms with van der Waals surface area (Å²) in [5.74, 6) is 0.992. The van der Waals surface area contributed by atoms with Crippen molar-refractivity contribution in [3.8, 4) is 17.5 Å². The highest BCUT2D eigenvalue weighted by molar-refractivity contribution is 7.99. The van der Waals surface area contributed by atoms with Crippen LogP contribution >= 0.6 is 11.8 Å². The summed E-state index contributed by atoms with van der Waals surface area (Å²) in [7, 11) is 1.54. The molecule has 4 aromatic rings. The summed E-state index contributed by atoms with van der Waals surface area (Å²) in [4.78, 5) is 32.8. The number of amides is 1. The maximum atomic E-state index is 13.5. The van der Waals surface area contributed by atoms with E-state index in [1.54, 1.807) is 53.6 Å². The first kappa shape index (κ1) is 23.1. The molecule has 2 heterocycles. The van der Waals surface area contributed by atoms with Crippen LogP contribution in [0.15, 0.2) is 81.3 Å². The predicted octanol–water partition coefficient (Wildman–Crippen LogP) is 4.02. The highest BCUT2D eigenvalue weighted by atomic mass is 32.2. The molecule has 0 N–H and O–H groups in total. The van der Waals surface area contributed by atoms with Gasteiger partial charge in [0.25, 0.3) is 5.56 Å². The normalized spacial score (nSPS) is 10.7. The molecule has 1 amide bonds. The number of carbonyl (C=O) groups is 1. The van der Waals surface area contributed by atoms with E-state index >= 15 is 0 Å². The topological polar surface area (TPSA) is 101 Å². The van der Waals surface area contributed by atoms with E-state index in [4.69, 9.17) is 14.4 Å². The van der Waals surface area contributed by atoms with Crippen LogP contribution in [0.2, 0.25) is 0 Å². The fraction of sp³-hybridized carbons (Fsp3) is 0.200. The van der Waals surface area contributed by atoms with Gasteiger partial charge in [-0.2, -0.15) is 5.26 Å². The summed E-state index contributed by atoms with van der Waals surface area (Å²) in [6, 6.07) is 19.9. The number of furan rings is 1. The number of nitrogens with zero attached hydrogens (tertiary/aromatic N) is 4. The Bertz CT molecular complexity index is 1390. The summed E-state index contributed by atoms with van der Waals surface area (Å²) >= 11 is 1.16. The number of nitriles is 1. The van der Waals surface area contributed by atoms with Crippen molar-refractivity contribution in [1.29, 1.82) is 5.26 Å². The molecule has 0 fully saturated rings. The molecule has 0 bridgehead atoms. The van der Waals surface area contributed by atoms with Gasteiger partial charge in [-0.25, -0.2) is 4.98 Å². The zero-order valence-corrected chi connectivity index (χ0v) is 19.3. The lowest BCUT2D eigenvalue weighted by molar-refractivity contribution is -0.129. The Morgan fingerprint density at radius 2 is 1.97 bits per heavy atom. The lowest BCUT2D eigenvalue weighted by Gasteiger charge is -2.21. The molecule has 172 valence electrons. The molecule has 0 aliphatic carbocycles. The van der Waals surface area contributed by atoms with E-state index in [0.717, 1.165) is 11.8 Å². The van der Waals surface area contributed by atoms with Crippen LogP contribution in [-0.2, 0) is 11.3 Å². The number of benzene rings is 2. The zero-order valence-electron chi connectivity index (χ0n) is 18.5. The maximum Gasteiger partial charge on any atom is 0.266 e. The molecule has 0 atom stereocenters. The summed E-state index contributed by atoms with van der Waals surface area (Å²) in [6.45, 7) is 0.541. The molecule has 0 saturated heterocycles. The van der Waals surface area contributed by atoms with E-state index < -0.39 is 0 Å². The SMILES string of the molecule is COc1ccccc1-n1c(SCC(=O)N(CCC#N)Cc2ccco2)nc2ccccc2c1=O. The molecule has 34 heavy (non-hydrogen) atoms. The zero-order chi connectivity index (χ0) is 23.9. The van der Waals surface area contributed by atoms with E-state index in [0.29, 0.717) is 33.3 Å². The van der Waals surface area contributed by atoms with Gasteiger partial charge in [0.1, 0.15) is 11.5 Å². The molecule has 2 aromatic heterocycles. The van der Waals surface area contributed by atoms with Gasteiger partial charge in [0.15, 0.2) is 5.16 Å². The number of aromatic nitrogens is 2. The van der Waals surface area contributed by atoms with Gasteiger partial charge in [0.2, 0.25) is 5.91 Å². The van der Waals surface area contributed by atoms with Crippen LogP contribution in [0.1, 0.15) is 12.2 Å². The van der Waals surface area contributed by atoms with Gasteiger partial charge in [-0.15, -0.1) is 0 Å². The quantitative estimate of drug-likeness (QED) is 0.267. The minimum atomic E-state index is -0.248. The van der Waals surface area contributed by atoms with Crippen LogP contribution in [0.3, 0.4) is 0 Å². The molecule has 9 heteroatoms. The molecule has 0 spiro atoms. The number of hydrogen-bond donors (Lipinski definition) is 0. The Morgan fingerprint density at radius 3 is 2.74 bits per heavy atom. The van der Waals surface area contributed by atoms with Crippen molar-refractivity contribution in [3.63, 3.8) is 0 Å². The second-order valence-corrected chi connectivity index (χ2v) is 8.26. The first-order valence-corrected chi connectivity index (χ1v) is 11.6. The number of rotatable bonds is 9. The van der Waals surface area contributed by atoms with E-state index in [9.17, 15) is 9.59 Å². The third kappa shape index (κ3) is 4.97. The average Bonchev–Trinajstić information content (AvgIpc) is 3.38. The van der Waals surface area contributed by atoms with Gasteiger partial charge < -0.3 is 14.1 Å². The second kappa shape index (κ2) is 10.7. The standard InChI is InChI=1S/C25H22N4O4S/c1-32-22-12-5-4-11-21(22)29-24(31)19-9-2-3-10-20(19)27-25(29)34-17-23(30)28(14-7-13-26)16-18-8-6-15-33-18/h2-6,8-12,15H,7,14,16-17H2,1H3. The van der Waals surface area contributed by atoms with E-state index in [-0.39, 0.29) is 36.7 Å². The van der Waals surface area contributed by atoms with Gasteiger partial charge in [0.05, 0.1) is 54.8 Å². The number of thioether (sulfide) groups is 1. The van der Waals surface area contributed by atoms with Crippen molar-refractivity contribution < 1.29 is 13.9 Å². The lowest BCUT2D eigenvalue weighted by atomic mass is 10.2. The average molecular weight is 475 g/mol. The fourth-order valence-electron chi connectivity index (χ4n) is 3.52. The highest BCUT2D eigenvalue weighted by Gasteiger charge is 2.20. The molecular weight excluding hydrogens is 452 g/mol. The van der Waals surface area contributed by atoms with Crippen molar-refractivity contribution >= 4 is 28.6 Å². The maximum absolute atomic E-state index is 13.5. The van der Waals surface area contributed by atoms with Crippen LogP contribution in [0.25, 0.3) is 16.6 Å². The largest absolute Gasteiger partial charge is 0.495 e. The van der Waals surface area contributed by atoms with Crippen LogP contribution in [0.4, 0.5) is 0 Å². The number of ether oxygens (including phenoxy) is 1. The smallest absolute Gasteiger partial charge is 0.266 e. The first-order valence-electron chi connectivity index (χ1n) is 10.6. The van der Waals surface area contributed by atoms with Crippen molar-refractivity contribution in [2.24, 2.45) is 0 Å². The van der Waals surface area contributed by atoms with Crippen LogP contribution < -0.4 is 10.3 Å². The predicted molar refractivity (Wildman–Crippen MR) is 129 cm³/mol. The Morgan fingerprint density at radius 1 is 1.18 bits per heavy atom. The van der Waals surface area contributed by atoms with E-state index in [1.165, 1.54) is 11.7 Å². The minimum absolute atomic E-state index is 0.0338. The fourth-order valence-corrected chi connectivity index (χ4v) is 4.43. The molecule has 2 aromatic carbocycles. The Hall–Kier alpha value is -4.03. The van der Waals surface area contributed by atoms with Crippen LogP contribution in [0.5, 0.6) is 5.75 Å². The number of para-hydroxylation sites is 3. The van der Waals surface area contributed by atoms with Gasteiger partial charge >= 0.3 is 0 Å². The van der Waals surface area contributed by atoms with Crippen LogP contribution in [0, 0.1) is 11.3 Å². The lowest BCUT2D eigenvalue weighted by Crippen LogP contribution is -2.33. The van der Waals surface area contributed by atoms with Gasteiger partial charge in [-0.05, 0) is 36.4 Å². The van der Waals surface area contributed by atoms with Crippen molar-refractivity contribution in [2.75, 3.05) is 19.4 Å². The summed E-state index contributed by atoms with van der Waals surface area (Å²) in [5, 5.41) is 9.84. The molecule has 4 rings (SSSR count). The van der Waals surface area contributed by atoms with Gasteiger partial charge in [-0.1, -0.05) is 36.0 Å². The number of carbonyl (C=O) groups excluding carboxylic acids is 1. The Kier molecular flexibility index (Phi) is 7.30. The van der Waals surface area contributed by atoms with Gasteiger partial charge in [0, 0.05) is 6.54 Å². The number of methoxy groups -OCH3 is 1. The molecule has 0 radical (unpaired) electrons. The molecule has 0 aliphatic rings. The third-order valence-corrected chi connectivity index (χ3v) is 6.09. The van der Waals surface area contributed by atoms with Crippen LogP contribution in [-0.4, -0.2) is 39.8 Å². The summed E-state index contributed by atoms with van der Waals surface area (Å²) < 4.78 is 12.3. The molecular formula is C25H22N4O4S. The Balaban J connectivity index is 1.68. The van der Waals surface area contributed by atoms with E-state index in [1.807, 2.05) is 18.2 Å². The van der Waals surface area contributed by atoms with Crippen molar-refractivity contribution in [3.05, 3.63) is 83.0 Å². The monoisotopic (exact) mass is 474 g/mol. The third-order valence-electron chi connectivity index (χ3n) is 5.17. The minimum Gasteiger partial charge on any atom is -0.495 e. The summed E-state index contributed by atoms with van der Waals surface area (Å²) in [6.07, 6.45) is 1.75. The van der Waals surface area contributed by atoms with E-state index in [2.05, 4.69) is 11.1 Å². The molecule has 0 saturated carbocycles. The Labute approximate surface area is 200 Å². The number of hydrogen-bond acceptors (Lipinski definition) is 7. The first-order chi connectivity index (χ1) is 16.6. The molecule has 0 unspecified atom stereocenters. The van der Waals surface area contributed by atoms with Gasteiger partial charge in [-0.3, -0.25) is 14.2 Å². The van der Waals surface area contributed by atoms with Crippen molar-refractivity contribution in [2.45, 2.75) is 18.1 Å². The molecule has 8 nitrogen and oxygen atoms in total. The van der Waals surface area contributed by atoms with Crippen molar-refractivity contribution in [1.82, 2.24) is 14.5 Å². The molecule has 0 aliphatic heterocycles. The highest BCUT2D eigenvalue weighted by Crippen LogP contribution is 2.27. The number of fused-ring (bicyclic) bond motifs is 1. The summed E-state index contributed by atoms with van der Waals surface area (Å²) in [5.41, 5.74) is 0.840.